The lowest BCUT2D eigenvalue weighted by molar-refractivity contribution is -0.385. The summed E-state index contributed by atoms with van der Waals surface area (Å²) in [6.45, 7) is 1.45. The SMILES string of the molecule is COc1cc([C@H](OC)[C@@H](C)C(=O)O)c(OC)c([N+](=O)[O-])c1. The van der Waals surface area contributed by atoms with Gasteiger partial charge in [-0.25, -0.2) is 0 Å². The van der Waals surface area contributed by atoms with E-state index in [-0.39, 0.29) is 22.7 Å². The van der Waals surface area contributed by atoms with Gasteiger partial charge in [-0.05, 0) is 13.0 Å². The predicted octanol–water partition coefficient (Wildman–Crippen LogP) is 2.02. The van der Waals surface area contributed by atoms with E-state index >= 15 is 0 Å². The van der Waals surface area contributed by atoms with Crippen LogP contribution >= 0.6 is 0 Å². The van der Waals surface area contributed by atoms with Gasteiger partial charge in [-0.1, -0.05) is 0 Å². The van der Waals surface area contributed by atoms with E-state index in [9.17, 15) is 14.9 Å². The van der Waals surface area contributed by atoms with Crippen LogP contribution in [0.2, 0.25) is 0 Å². The van der Waals surface area contributed by atoms with Gasteiger partial charge in [0.15, 0.2) is 0 Å². The average Bonchev–Trinajstić information content (AvgIpc) is 2.46. The van der Waals surface area contributed by atoms with Crippen molar-refractivity contribution in [2.24, 2.45) is 5.92 Å². The minimum atomic E-state index is -1.09. The van der Waals surface area contributed by atoms with Gasteiger partial charge >= 0.3 is 11.7 Å². The molecule has 2 atom stereocenters. The van der Waals surface area contributed by atoms with Crippen molar-refractivity contribution in [3.8, 4) is 11.5 Å². The zero-order valence-electron chi connectivity index (χ0n) is 12.2. The number of carbonyl (C=O) groups is 1. The number of carboxylic acid groups (broad SMARTS) is 1. The van der Waals surface area contributed by atoms with E-state index < -0.39 is 22.9 Å². The van der Waals surface area contributed by atoms with Gasteiger partial charge in [-0.3, -0.25) is 14.9 Å². The van der Waals surface area contributed by atoms with Crippen LogP contribution in [-0.4, -0.2) is 37.3 Å². The number of aliphatic carboxylic acids is 1. The maximum Gasteiger partial charge on any atom is 0.315 e. The highest BCUT2D eigenvalue weighted by atomic mass is 16.6. The van der Waals surface area contributed by atoms with Crippen LogP contribution < -0.4 is 9.47 Å². The Hall–Kier alpha value is -2.35. The molecule has 0 saturated heterocycles. The normalized spacial score (nSPS) is 13.3. The minimum Gasteiger partial charge on any atom is -0.496 e. The molecule has 0 aliphatic heterocycles. The van der Waals surface area contributed by atoms with Crippen molar-refractivity contribution in [3.63, 3.8) is 0 Å². The minimum absolute atomic E-state index is 0.0410. The molecule has 0 aliphatic rings. The van der Waals surface area contributed by atoms with E-state index in [1.165, 1.54) is 40.4 Å². The van der Waals surface area contributed by atoms with E-state index in [0.29, 0.717) is 0 Å². The van der Waals surface area contributed by atoms with Crippen LogP contribution in [0.25, 0.3) is 0 Å². The summed E-state index contributed by atoms with van der Waals surface area (Å²) in [4.78, 5) is 21.7. The molecule has 0 radical (unpaired) electrons. The quantitative estimate of drug-likeness (QED) is 0.606. The first kappa shape index (κ1) is 16.7. The Morgan fingerprint density at radius 2 is 1.90 bits per heavy atom. The fourth-order valence-electron chi connectivity index (χ4n) is 2.03. The van der Waals surface area contributed by atoms with Gasteiger partial charge in [0, 0.05) is 12.7 Å². The van der Waals surface area contributed by atoms with Crippen molar-refractivity contribution in [1.29, 1.82) is 0 Å². The van der Waals surface area contributed by atoms with E-state index in [4.69, 9.17) is 19.3 Å². The first-order chi connectivity index (χ1) is 9.87. The Bertz CT molecular complexity index is 544. The smallest absolute Gasteiger partial charge is 0.315 e. The molecular weight excluding hydrogens is 282 g/mol. The second kappa shape index (κ2) is 6.89. The summed E-state index contributed by atoms with van der Waals surface area (Å²) in [5.41, 5.74) is -0.0626. The van der Waals surface area contributed by atoms with Crippen LogP contribution in [0.4, 0.5) is 5.69 Å². The molecule has 8 heteroatoms. The molecule has 1 N–H and O–H groups in total. The number of benzene rings is 1. The number of nitro groups is 1. The molecule has 21 heavy (non-hydrogen) atoms. The summed E-state index contributed by atoms with van der Waals surface area (Å²) in [5.74, 6) is -1.83. The number of carboxylic acids is 1. The number of hydrogen-bond donors (Lipinski definition) is 1. The Morgan fingerprint density at radius 3 is 2.29 bits per heavy atom. The molecule has 0 aliphatic carbocycles. The Labute approximate surface area is 121 Å². The molecule has 0 amide bonds. The van der Waals surface area contributed by atoms with E-state index in [0.717, 1.165) is 0 Å². The third kappa shape index (κ3) is 3.40. The number of hydrogen-bond acceptors (Lipinski definition) is 6. The molecule has 0 unspecified atom stereocenters. The van der Waals surface area contributed by atoms with Crippen LogP contribution in [0, 0.1) is 16.0 Å². The lowest BCUT2D eigenvalue weighted by atomic mass is 9.95. The predicted molar refractivity (Wildman–Crippen MR) is 72.8 cm³/mol. The van der Waals surface area contributed by atoms with Gasteiger partial charge in [0.25, 0.3) is 0 Å². The molecule has 0 saturated carbocycles. The first-order valence-corrected chi connectivity index (χ1v) is 6.03. The van der Waals surface area contributed by atoms with Crippen LogP contribution in [0.3, 0.4) is 0 Å². The molecular formula is C13H17NO7. The van der Waals surface area contributed by atoms with Gasteiger partial charge in [0.05, 0.1) is 37.2 Å². The Morgan fingerprint density at radius 1 is 1.29 bits per heavy atom. The Kier molecular flexibility index (Phi) is 5.48. The molecule has 8 nitrogen and oxygen atoms in total. The van der Waals surface area contributed by atoms with Crippen molar-refractivity contribution in [3.05, 3.63) is 27.8 Å². The number of methoxy groups -OCH3 is 3. The largest absolute Gasteiger partial charge is 0.496 e. The topological polar surface area (TPSA) is 108 Å². The molecule has 1 rings (SSSR count). The molecule has 116 valence electrons. The van der Waals surface area contributed by atoms with Crippen molar-refractivity contribution < 1.29 is 29.0 Å². The second-order valence-electron chi connectivity index (χ2n) is 4.31. The van der Waals surface area contributed by atoms with Crippen molar-refractivity contribution in [2.75, 3.05) is 21.3 Å². The molecule has 1 aromatic rings. The van der Waals surface area contributed by atoms with E-state index in [2.05, 4.69) is 0 Å². The van der Waals surface area contributed by atoms with Crippen molar-refractivity contribution >= 4 is 11.7 Å². The molecule has 0 fully saturated rings. The van der Waals surface area contributed by atoms with Crippen molar-refractivity contribution in [1.82, 2.24) is 0 Å². The van der Waals surface area contributed by atoms with Crippen LogP contribution in [-0.2, 0) is 9.53 Å². The zero-order valence-corrected chi connectivity index (χ0v) is 12.2. The third-order valence-corrected chi connectivity index (χ3v) is 3.11. The third-order valence-electron chi connectivity index (χ3n) is 3.11. The maximum atomic E-state index is 11.2. The standard InChI is InChI=1S/C13H17NO7/c1-7(13(15)16)11(20-3)9-5-8(19-2)6-10(14(17)18)12(9)21-4/h5-7,11H,1-4H3,(H,15,16)/t7-,11-/m1/s1. The number of nitro benzene ring substituents is 1. The number of ether oxygens (including phenoxy) is 3. The van der Waals surface area contributed by atoms with Gasteiger partial charge in [0.1, 0.15) is 5.75 Å². The molecule has 0 heterocycles. The molecule has 0 bridgehead atoms. The summed E-state index contributed by atoms with van der Waals surface area (Å²) < 4.78 is 15.3. The zero-order chi connectivity index (χ0) is 16.2. The van der Waals surface area contributed by atoms with E-state index in [1.54, 1.807) is 0 Å². The lowest BCUT2D eigenvalue weighted by Gasteiger charge is -2.22. The van der Waals surface area contributed by atoms with Crippen LogP contribution in [0.15, 0.2) is 12.1 Å². The first-order valence-electron chi connectivity index (χ1n) is 6.03. The van der Waals surface area contributed by atoms with Gasteiger partial charge in [0.2, 0.25) is 5.75 Å². The Balaban J connectivity index is 3.54. The molecule has 1 aromatic carbocycles. The summed E-state index contributed by atoms with van der Waals surface area (Å²) >= 11 is 0. The highest BCUT2D eigenvalue weighted by molar-refractivity contribution is 5.71. The summed E-state index contributed by atoms with van der Waals surface area (Å²) in [5, 5.41) is 20.3. The highest BCUT2D eigenvalue weighted by Crippen LogP contribution is 2.41. The maximum absolute atomic E-state index is 11.2. The summed E-state index contributed by atoms with van der Waals surface area (Å²) in [6, 6.07) is 2.68. The van der Waals surface area contributed by atoms with Gasteiger partial charge in [-0.2, -0.15) is 0 Å². The van der Waals surface area contributed by atoms with Crippen LogP contribution in [0.5, 0.6) is 11.5 Å². The van der Waals surface area contributed by atoms with Gasteiger partial charge in [-0.15, -0.1) is 0 Å². The second-order valence-corrected chi connectivity index (χ2v) is 4.31. The van der Waals surface area contributed by atoms with E-state index in [1.807, 2.05) is 0 Å². The fraction of sp³-hybridized carbons (Fsp3) is 0.462. The lowest BCUT2D eigenvalue weighted by Crippen LogP contribution is -2.21. The summed E-state index contributed by atoms with van der Waals surface area (Å²) in [7, 11) is 3.96. The summed E-state index contributed by atoms with van der Waals surface area (Å²) in [6.07, 6.45) is -0.911. The van der Waals surface area contributed by atoms with Crippen LogP contribution in [0.1, 0.15) is 18.6 Å². The highest BCUT2D eigenvalue weighted by Gasteiger charge is 2.32. The monoisotopic (exact) mass is 299 g/mol. The van der Waals surface area contributed by atoms with Crippen molar-refractivity contribution in [2.45, 2.75) is 13.0 Å². The molecule has 0 aromatic heterocycles. The number of nitrogens with zero attached hydrogens (tertiary/aromatic N) is 1. The average molecular weight is 299 g/mol. The fourth-order valence-corrected chi connectivity index (χ4v) is 2.03. The van der Waals surface area contributed by atoms with Gasteiger partial charge < -0.3 is 19.3 Å². The number of rotatable bonds is 7. The molecule has 0 spiro atoms.